The maximum atomic E-state index is 14.2. The van der Waals surface area contributed by atoms with Crippen molar-refractivity contribution in [2.45, 2.75) is 5.41 Å². The van der Waals surface area contributed by atoms with Gasteiger partial charge >= 0.3 is 0 Å². The fourth-order valence-electron chi connectivity index (χ4n) is 8.30. The second kappa shape index (κ2) is 8.08. The van der Waals surface area contributed by atoms with Crippen LogP contribution in [0.4, 0.5) is 21.5 Å². The van der Waals surface area contributed by atoms with Gasteiger partial charge in [-0.05, 0) is 103 Å². The van der Waals surface area contributed by atoms with E-state index >= 15 is 0 Å². The second-order valence-corrected chi connectivity index (χ2v) is 11.8. The highest BCUT2D eigenvalue weighted by molar-refractivity contribution is 6.07. The minimum Gasteiger partial charge on any atom is -0.310 e. The quantitative estimate of drug-likeness (QED) is 0.212. The van der Waals surface area contributed by atoms with Gasteiger partial charge in [0.25, 0.3) is 0 Å². The molecule has 0 heterocycles. The molecule has 43 heavy (non-hydrogen) atoms. The van der Waals surface area contributed by atoms with Gasteiger partial charge in [0.05, 0.1) is 11.1 Å². The number of fused-ring (bicyclic) bond motifs is 6. The molecule has 2 heteroatoms. The molecule has 0 aromatic heterocycles. The first-order chi connectivity index (χ1) is 21.2. The van der Waals surface area contributed by atoms with E-state index in [1.807, 2.05) is 12.1 Å². The molecule has 0 aliphatic heterocycles. The number of nitrogens with zero attached hydrogens (tertiary/aromatic N) is 1. The molecule has 0 bridgehead atoms. The van der Waals surface area contributed by atoms with E-state index in [1.165, 1.54) is 61.0 Å². The topological polar surface area (TPSA) is 3.24 Å². The third kappa shape index (κ3) is 2.76. The van der Waals surface area contributed by atoms with Gasteiger partial charge in [-0.25, -0.2) is 4.39 Å². The number of rotatable bonds is 3. The van der Waals surface area contributed by atoms with Crippen LogP contribution in [0.25, 0.3) is 44.2 Å². The Kier molecular flexibility index (Phi) is 4.35. The molecule has 7 aromatic carbocycles. The smallest absolute Gasteiger partial charge is 0.123 e. The van der Waals surface area contributed by atoms with Crippen LogP contribution in [0.2, 0.25) is 0 Å². The number of hydrogen-bond donors (Lipinski definition) is 0. The van der Waals surface area contributed by atoms with E-state index in [1.54, 1.807) is 12.1 Å². The fourth-order valence-corrected chi connectivity index (χ4v) is 8.30. The van der Waals surface area contributed by atoms with Crippen LogP contribution in [0.3, 0.4) is 0 Å². The number of anilines is 3. The predicted octanol–water partition coefficient (Wildman–Crippen LogP) is 10.8. The van der Waals surface area contributed by atoms with Crippen molar-refractivity contribution in [3.8, 4) is 33.4 Å². The summed E-state index contributed by atoms with van der Waals surface area (Å²) in [5.74, 6) is -0.241. The lowest BCUT2D eigenvalue weighted by Gasteiger charge is -2.30. The first-order valence-corrected chi connectivity index (χ1v) is 14.8. The van der Waals surface area contributed by atoms with Crippen molar-refractivity contribution in [2.24, 2.45) is 0 Å². The molecule has 1 unspecified atom stereocenters. The summed E-state index contributed by atoms with van der Waals surface area (Å²) in [7, 11) is 0. The highest BCUT2D eigenvalue weighted by Crippen LogP contribution is 2.70. The summed E-state index contributed by atoms with van der Waals surface area (Å²) in [5, 5.41) is 2.32. The van der Waals surface area contributed by atoms with Gasteiger partial charge < -0.3 is 4.90 Å². The average molecular weight is 550 g/mol. The zero-order valence-electron chi connectivity index (χ0n) is 23.2. The molecule has 1 spiro atoms. The molecule has 1 nitrogen and oxygen atoms in total. The first-order valence-electron chi connectivity index (χ1n) is 14.8. The molecule has 200 valence electrons. The van der Waals surface area contributed by atoms with Crippen LogP contribution in [0.5, 0.6) is 0 Å². The van der Waals surface area contributed by atoms with E-state index in [9.17, 15) is 4.39 Å². The Bertz CT molecular complexity index is 2270. The SMILES string of the molecule is Fc1ccc(N(c2ccc3c(c2)C24c5ccccc5-c5cccc(c52)-c2cccc-3c24)c2cccc3ccccc23)cc1. The van der Waals surface area contributed by atoms with E-state index in [-0.39, 0.29) is 11.2 Å². The highest BCUT2D eigenvalue weighted by Gasteiger charge is 2.57. The van der Waals surface area contributed by atoms with Gasteiger partial charge in [0.1, 0.15) is 5.82 Å². The summed E-state index contributed by atoms with van der Waals surface area (Å²) in [6.45, 7) is 0. The van der Waals surface area contributed by atoms with Gasteiger partial charge in [0.15, 0.2) is 0 Å². The maximum Gasteiger partial charge on any atom is 0.123 e. The van der Waals surface area contributed by atoms with Gasteiger partial charge in [0.2, 0.25) is 0 Å². The van der Waals surface area contributed by atoms with Crippen LogP contribution < -0.4 is 4.90 Å². The molecule has 0 radical (unpaired) electrons. The normalized spacial score (nSPS) is 16.1. The maximum absolute atomic E-state index is 14.2. The number of hydrogen-bond acceptors (Lipinski definition) is 1. The Balaban J connectivity index is 1.30. The highest BCUT2D eigenvalue weighted by atomic mass is 19.1. The monoisotopic (exact) mass is 549 g/mol. The molecule has 7 aromatic rings. The van der Waals surface area contributed by atoms with Crippen LogP contribution in [0, 0.1) is 5.82 Å². The predicted molar refractivity (Wildman–Crippen MR) is 174 cm³/mol. The minimum absolute atomic E-state index is 0.241. The standard InChI is InChI=1S/C41H24FN/c42-26-18-20-27(21-19-26)43(38-17-5-9-25-8-1-2-10-29(25)38)28-22-23-31-33-13-7-15-35-34-14-6-12-32-30-11-3-4-16-36(30)41(39(32)34,40(33)35)37(31)24-28/h1-24H. The summed E-state index contributed by atoms with van der Waals surface area (Å²) in [4.78, 5) is 2.28. The summed E-state index contributed by atoms with van der Waals surface area (Å²) in [6, 6.07) is 51.2. The van der Waals surface area contributed by atoms with Crippen LogP contribution in [-0.4, -0.2) is 0 Å². The molecular formula is C41H24FN. The van der Waals surface area contributed by atoms with Crippen LogP contribution in [0.15, 0.2) is 146 Å². The van der Waals surface area contributed by atoms with Crippen molar-refractivity contribution in [2.75, 3.05) is 4.90 Å². The lowest BCUT2D eigenvalue weighted by atomic mass is 9.73. The van der Waals surface area contributed by atoms with Gasteiger partial charge in [-0.3, -0.25) is 0 Å². The van der Waals surface area contributed by atoms with Crippen LogP contribution in [0.1, 0.15) is 22.3 Å². The molecule has 0 N–H and O–H groups in total. The second-order valence-electron chi connectivity index (χ2n) is 11.8. The molecular weight excluding hydrogens is 525 g/mol. The molecule has 0 amide bonds. The lowest BCUT2D eigenvalue weighted by Crippen LogP contribution is -2.23. The van der Waals surface area contributed by atoms with Crippen molar-refractivity contribution < 1.29 is 4.39 Å². The Morgan fingerprint density at radius 3 is 1.77 bits per heavy atom. The molecule has 0 fully saturated rings. The van der Waals surface area contributed by atoms with Crippen molar-refractivity contribution in [1.82, 2.24) is 0 Å². The number of benzene rings is 7. The fraction of sp³-hybridized carbons (Fsp3) is 0.0244. The van der Waals surface area contributed by atoms with Crippen molar-refractivity contribution in [1.29, 1.82) is 0 Å². The van der Waals surface area contributed by atoms with E-state index in [0.29, 0.717) is 0 Å². The van der Waals surface area contributed by atoms with E-state index in [2.05, 4.69) is 126 Å². The Hall–Kier alpha value is -5.47. The average Bonchev–Trinajstić information content (AvgIpc) is 3.65. The molecule has 3 aliphatic rings. The Morgan fingerprint density at radius 2 is 1.00 bits per heavy atom. The molecule has 1 atom stereocenters. The summed E-state index contributed by atoms with van der Waals surface area (Å²) < 4.78 is 14.2. The first kappa shape index (κ1) is 23.1. The lowest BCUT2D eigenvalue weighted by molar-refractivity contribution is 0.628. The van der Waals surface area contributed by atoms with Crippen molar-refractivity contribution in [3.63, 3.8) is 0 Å². The molecule has 10 rings (SSSR count). The Morgan fingerprint density at radius 1 is 0.442 bits per heavy atom. The zero-order chi connectivity index (χ0) is 28.3. The molecule has 3 aliphatic carbocycles. The van der Waals surface area contributed by atoms with Crippen LogP contribution in [-0.2, 0) is 5.41 Å². The Labute approximate surface area is 249 Å². The van der Waals surface area contributed by atoms with Crippen LogP contribution >= 0.6 is 0 Å². The third-order valence-corrected chi connectivity index (χ3v) is 9.84. The zero-order valence-corrected chi connectivity index (χ0v) is 23.2. The summed E-state index contributed by atoms with van der Waals surface area (Å²) >= 11 is 0. The molecule has 0 saturated carbocycles. The largest absolute Gasteiger partial charge is 0.310 e. The van der Waals surface area contributed by atoms with Gasteiger partial charge in [0, 0.05) is 16.8 Å². The van der Waals surface area contributed by atoms with E-state index in [0.717, 1.165) is 22.4 Å². The van der Waals surface area contributed by atoms with Crippen molar-refractivity contribution >= 4 is 27.8 Å². The van der Waals surface area contributed by atoms with Gasteiger partial charge in [-0.1, -0.05) is 103 Å². The molecule has 0 saturated heterocycles. The van der Waals surface area contributed by atoms with Gasteiger partial charge in [-0.15, -0.1) is 0 Å². The summed E-state index contributed by atoms with van der Waals surface area (Å²) in [5.41, 5.74) is 16.1. The van der Waals surface area contributed by atoms with Gasteiger partial charge in [-0.2, -0.15) is 0 Å². The summed E-state index contributed by atoms with van der Waals surface area (Å²) in [6.07, 6.45) is 0. The van der Waals surface area contributed by atoms with E-state index in [4.69, 9.17) is 0 Å². The number of halogens is 1. The minimum atomic E-state index is -0.354. The van der Waals surface area contributed by atoms with E-state index < -0.39 is 0 Å². The van der Waals surface area contributed by atoms with Crippen molar-refractivity contribution in [3.05, 3.63) is 174 Å². The third-order valence-electron chi connectivity index (χ3n) is 9.84.